The maximum atomic E-state index is 11.6. The summed E-state index contributed by atoms with van der Waals surface area (Å²) in [5, 5.41) is 14.7. The molecule has 0 spiro atoms. The molecule has 0 aliphatic rings. The monoisotopic (exact) mass is 375 g/mol. The summed E-state index contributed by atoms with van der Waals surface area (Å²) in [6.45, 7) is 3.90. The van der Waals surface area contributed by atoms with Gasteiger partial charge in [0, 0.05) is 22.3 Å². The third-order valence-corrected chi connectivity index (χ3v) is 4.97. The number of rotatable bonds is 3. The number of carbonyl (C=O) groups excluding carboxylic acids is 1. The third-order valence-electron chi connectivity index (χ3n) is 4.97. The normalized spacial score (nSPS) is 11.1. The zero-order valence-corrected chi connectivity index (χ0v) is 16.0. The Kier molecular flexibility index (Phi) is 4.49. The topological polar surface area (TPSA) is 75.9 Å². The maximum absolute atomic E-state index is 11.6. The Morgan fingerprint density at radius 3 is 2.68 bits per heavy atom. The molecular formula is C22H21N3O3. The van der Waals surface area contributed by atoms with Crippen LogP contribution in [0.2, 0.25) is 0 Å². The number of benzene rings is 2. The van der Waals surface area contributed by atoms with Gasteiger partial charge in [0.1, 0.15) is 5.65 Å². The Morgan fingerprint density at radius 2 is 1.96 bits per heavy atom. The van der Waals surface area contributed by atoms with Crippen molar-refractivity contribution in [3.05, 3.63) is 65.5 Å². The number of aromatic nitrogens is 2. The van der Waals surface area contributed by atoms with Crippen LogP contribution < -0.4 is 5.32 Å². The Hall–Kier alpha value is -3.38. The Bertz CT molecular complexity index is 1210. The number of fused-ring (bicyclic) bond motifs is 3. The van der Waals surface area contributed by atoms with Crippen molar-refractivity contribution < 1.29 is 14.6 Å². The minimum Gasteiger partial charge on any atom is -0.453 e. The Morgan fingerprint density at radius 1 is 1.18 bits per heavy atom. The van der Waals surface area contributed by atoms with Gasteiger partial charge in [-0.2, -0.15) is 0 Å². The van der Waals surface area contributed by atoms with Gasteiger partial charge >= 0.3 is 6.09 Å². The summed E-state index contributed by atoms with van der Waals surface area (Å²) < 4.78 is 6.66. The number of pyridine rings is 1. The van der Waals surface area contributed by atoms with Crippen LogP contribution in [0.1, 0.15) is 17.0 Å². The summed E-state index contributed by atoms with van der Waals surface area (Å²) in [4.78, 5) is 16.5. The van der Waals surface area contributed by atoms with E-state index in [1.54, 1.807) is 0 Å². The van der Waals surface area contributed by atoms with Gasteiger partial charge in [0.25, 0.3) is 0 Å². The zero-order valence-electron chi connectivity index (χ0n) is 16.0. The highest BCUT2D eigenvalue weighted by molar-refractivity contribution is 5.99. The van der Waals surface area contributed by atoms with Crippen LogP contribution in [0.4, 0.5) is 10.5 Å². The van der Waals surface area contributed by atoms with Gasteiger partial charge in [-0.15, -0.1) is 0 Å². The zero-order chi connectivity index (χ0) is 19.8. The van der Waals surface area contributed by atoms with Crippen LogP contribution in [0.3, 0.4) is 0 Å². The van der Waals surface area contributed by atoms with E-state index in [0.29, 0.717) is 5.69 Å². The van der Waals surface area contributed by atoms with Gasteiger partial charge in [0.15, 0.2) is 0 Å². The van der Waals surface area contributed by atoms with E-state index in [4.69, 9.17) is 4.98 Å². The van der Waals surface area contributed by atoms with Crippen molar-refractivity contribution in [3.8, 4) is 11.3 Å². The molecule has 2 aromatic carbocycles. The number of imidazole rings is 1. The number of hydrogen-bond acceptors (Lipinski definition) is 4. The summed E-state index contributed by atoms with van der Waals surface area (Å²) >= 11 is 0. The molecule has 0 aliphatic heterocycles. The molecule has 0 atom stereocenters. The maximum Gasteiger partial charge on any atom is 0.411 e. The molecule has 0 saturated heterocycles. The number of anilines is 1. The molecule has 0 saturated carbocycles. The van der Waals surface area contributed by atoms with Crippen LogP contribution in [0.5, 0.6) is 0 Å². The van der Waals surface area contributed by atoms with Crippen molar-refractivity contribution in [1.29, 1.82) is 0 Å². The van der Waals surface area contributed by atoms with Crippen molar-refractivity contribution >= 4 is 28.2 Å². The molecule has 2 aromatic heterocycles. The van der Waals surface area contributed by atoms with Gasteiger partial charge in [0.05, 0.1) is 25.1 Å². The molecule has 142 valence electrons. The lowest BCUT2D eigenvalue weighted by molar-refractivity contribution is 0.187. The third kappa shape index (κ3) is 2.88. The molecule has 6 heteroatoms. The van der Waals surface area contributed by atoms with Crippen molar-refractivity contribution in [2.45, 2.75) is 20.5 Å². The number of aliphatic hydroxyl groups is 1. The molecule has 4 aromatic rings. The first-order valence-electron chi connectivity index (χ1n) is 9.00. The van der Waals surface area contributed by atoms with E-state index in [1.165, 1.54) is 7.11 Å². The summed E-state index contributed by atoms with van der Waals surface area (Å²) in [6.07, 6.45) is -0.525. The largest absolute Gasteiger partial charge is 0.453 e. The SMILES string of the molecule is COC(=O)Nc1ccc2cc(C)n3c(CO)c(-c4ccccc4C)nc3c2c1. The minimum atomic E-state index is -0.525. The molecule has 0 radical (unpaired) electrons. The molecule has 2 heterocycles. The summed E-state index contributed by atoms with van der Waals surface area (Å²) in [6, 6.07) is 15.7. The number of nitrogens with zero attached hydrogens (tertiary/aromatic N) is 2. The summed E-state index contributed by atoms with van der Waals surface area (Å²) in [7, 11) is 1.33. The molecule has 0 bridgehead atoms. The smallest absolute Gasteiger partial charge is 0.411 e. The van der Waals surface area contributed by atoms with Crippen LogP contribution in [0.15, 0.2) is 48.5 Å². The average Bonchev–Trinajstić information content (AvgIpc) is 3.09. The second-order valence-electron chi connectivity index (χ2n) is 6.74. The highest BCUT2D eigenvalue weighted by Gasteiger charge is 2.18. The van der Waals surface area contributed by atoms with Crippen molar-refractivity contribution in [3.63, 3.8) is 0 Å². The lowest BCUT2D eigenvalue weighted by Crippen LogP contribution is -2.10. The fourth-order valence-electron chi connectivity index (χ4n) is 3.63. The van der Waals surface area contributed by atoms with Crippen molar-refractivity contribution in [2.24, 2.45) is 0 Å². The molecule has 2 N–H and O–H groups in total. The number of amides is 1. The first-order chi connectivity index (χ1) is 13.5. The van der Waals surface area contributed by atoms with Crippen LogP contribution in [-0.4, -0.2) is 27.7 Å². The molecule has 0 aliphatic carbocycles. The first kappa shape index (κ1) is 18.0. The fraction of sp³-hybridized carbons (Fsp3) is 0.182. The van der Waals surface area contributed by atoms with E-state index in [2.05, 4.69) is 10.1 Å². The van der Waals surface area contributed by atoms with Crippen molar-refractivity contribution in [1.82, 2.24) is 9.38 Å². The van der Waals surface area contributed by atoms with Gasteiger partial charge in [-0.05, 0) is 43.0 Å². The van der Waals surface area contributed by atoms with Gasteiger partial charge in [-0.3, -0.25) is 9.72 Å². The van der Waals surface area contributed by atoms with Gasteiger partial charge in [-0.25, -0.2) is 9.78 Å². The molecule has 28 heavy (non-hydrogen) atoms. The Balaban J connectivity index is 2.02. The van der Waals surface area contributed by atoms with E-state index >= 15 is 0 Å². The second-order valence-corrected chi connectivity index (χ2v) is 6.74. The molecule has 4 rings (SSSR count). The van der Waals surface area contributed by atoms with Crippen LogP contribution in [0.25, 0.3) is 27.7 Å². The van der Waals surface area contributed by atoms with E-state index < -0.39 is 6.09 Å². The Labute approximate surface area is 162 Å². The first-order valence-corrected chi connectivity index (χ1v) is 9.00. The lowest BCUT2D eigenvalue weighted by atomic mass is 10.0. The minimum absolute atomic E-state index is 0.128. The number of aliphatic hydroxyl groups excluding tert-OH is 1. The van der Waals surface area contributed by atoms with Crippen molar-refractivity contribution in [2.75, 3.05) is 12.4 Å². The second kappa shape index (κ2) is 6.98. The van der Waals surface area contributed by atoms with E-state index in [-0.39, 0.29) is 6.61 Å². The summed E-state index contributed by atoms with van der Waals surface area (Å²) in [5.74, 6) is 0. The predicted octanol–water partition coefficient (Wildman–Crippen LogP) is 4.44. The highest BCUT2D eigenvalue weighted by Crippen LogP contribution is 2.32. The van der Waals surface area contributed by atoms with Gasteiger partial charge in [-0.1, -0.05) is 30.3 Å². The molecule has 1 amide bonds. The number of aryl methyl sites for hydroxylation is 2. The lowest BCUT2D eigenvalue weighted by Gasteiger charge is -2.10. The standard InChI is InChI=1S/C22H21N3O3/c1-13-6-4-5-7-17(13)20-19(12-26)25-14(2)10-15-8-9-16(23-22(27)28-3)11-18(15)21(25)24-20/h4-11,26H,12H2,1-3H3,(H,23,27). The van der Waals surface area contributed by atoms with Crippen LogP contribution >= 0.6 is 0 Å². The molecular weight excluding hydrogens is 354 g/mol. The number of methoxy groups -OCH3 is 1. The van der Waals surface area contributed by atoms with E-state index in [0.717, 1.165) is 44.6 Å². The molecule has 6 nitrogen and oxygen atoms in total. The van der Waals surface area contributed by atoms with Gasteiger partial charge < -0.3 is 9.84 Å². The average molecular weight is 375 g/mol. The molecule has 0 unspecified atom stereocenters. The predicted molar refractivity (Wildman–Crippen MR) is 110 cm³/mol. The number of hydrogen-bond donors (Lipinski definition) is 2. The quantitative estimate of drug-likeness (QED) is 0.555. The number of nitrogens with one attached hydrogen (secondary N) is 1. The highest BCUT2D eigenvalue weighted by atomic mass is 16.5. The van der Waals surface area contributed by atoms with Crippen LogP contribution in [0, 0.1) is 13.8 Å². The number of carbonyl (C=O) groups is 1. The summed E-state index contributed by atoms with van der Waals surface area (Å²) in [5.41, 5.74) is 5.94. The van der Waals surface area contributed by atoms with Gasteiger partial charge in [0.2, 0.25) is 0 Å². The van der Waals surface area contributed by atoms with Crippen LogP contribution in [-0.2, 0) is 11.3 Å². The van der Waals surface area contributed by atoms with E-state index in [9.17, 15) is 9.90 Å². The van der Waals surface area contributed by atoms with E-state index in [1.807, 2.05) is 66.8 Å². The number of ether oxygens (including phenoxy) is 1. The fourth-order valence-corrected chi connectivity index (χ4v) is 3.63. The molecule has 0 fully saturated rings.